The van der Waals surface area contributed by atoms with Crippen LogP contribution in [0.2, 0.25) is 0 Å². The van der Waals surface area contributed by atoms with Crippen molar-refractivity contribution in [1.29, 1.82) is 0 Å². The largest absolute Gasteiger partial charge is 0.389 e. The Balaban J connectivity index is 1.99. The number of nitrogens with one attached hydrogen (secondary N) is 1. The van der Waals surface area contributed by atoms with Gasteiger partial charge in [0.2, 0.25) is 10.0 Å². The van der Waals surface area contributed by atoms with Crippen molar-refractivity contribution in [3.05, 3.63) is 33.8 Å². The molecule has 2 heterocycles. The second kappa shape index (κ2) is 7.23. The zero-order valence-corrected chi connectivity index (χ0v) is 14.2. The van der Waals surface area contributed by atoms with E-state index in [1.807, 2.05) is 0 Å². The summed E-state index contributed by atoms with van der Waals surface area (Å²) in [6.45, 7) is -0.0787. The van der Waals surface area contributed by atoms with Crippen LogP contribution in [-0.4, -0.2) is 39.4 Å². The Hall–Kier alpha value is -2.41. The number of hydrogen-bond donors (Lipinski definition) is 1. The second-order valence-corrected chi connectivity index (χ2v) is 6.87. The predicted octanol–water partition coefficient (Wildman–Crippen LogP) is 1.37. The average molecular weight is 378 g/mol. The number of sulfonamides is 1. The number of halogens is 2. The molecule has 0 fully saturated rings. The summed E-state index contributed by atoms with van der Waals surface area (Å²) in [7, 11) is -4.00. The first-order valence-electron chi connectivity index (χ1n) is 7.15. The summed E-state index contributed by atoms with van der Waals surface area (Å²) in [4.78, 5) is 9.61. The van der Waals surface area contributed by atoms with E-state index in [1.165, 1.54) is 30.8 Å². The van der Waals surface area contributed by atoms with Crippen LogP contribution in [0, 0.1) is 24.0 Å². The molecule has 0 unspecified atom stereocenters. The average Bonchev–Trinajstić information content (AvgIpc) is 3.08. The van der Waals surface area contributed by atoms with E-state index in [0.717, 1.165) is 0 Å². The molecule has 0 saturated carbocycles. The van der Waals surface area contributed by atoms with Crippen molar-refractivity contribution >= 4 is 15.8 Å². The lowest BCUT2D eigenvalue weighted by atomic mass is 10.4. The molecule has 0 amide bonds. The maximum Gasteiger partial charge on any atom is 0.389 e. The highest BCUT2D eigenvalue weighted by Gasteiger charge is 2.26. The lowest BCUT2D eigenvalue weighted by Gasteiger charge is -2.07. The van der Waals surface area contributed by atoms with Crippen molar-refractivity contribution in [3.63, 3.8) is 0 Å². The minimum atomic E-state index is -4.00. The first-order chi connectivity index (χ1) is 11.6. The SMILES string of the molecule is Cc1nn(C(F)F)c(C)c1S(=O)(=O)NCCCn1ccc([N+](=O)[O-])n1. The summed E-state index contributed by atoms with van der Waals surface area (Å²) >= 11 is 0. The van der Waals surface area contributed by atoms with Gasteiger partial charge in [-0.2, -0.15) is 18.6 Å². The number of hydrogen-bond acceptors (Lipinski definition) is 6. The molecule has 0 bridgehead atoms. The van der Waals surface area contributed by atoms with Gasteiger partial charge in [0.1, 0.15) is 4.90 Å². The van der Waals surface area contributed by atoms with E-state index < -0.39 is 21.5 Å². The number of nitrogens with zero attached hydrogens (tertiary/aromatic N) is 5. The standard InChI is InChI=1S/C12H16F2N6O4S/c1-8-11(9(2)19(16-8)12(13)14)25(23,24)15-5-3-6-18-7-4-10(17-18)20(21)22/h4,7,12,15H,3,5-6H2,1-2H3. The fraction of sp³-hybridized carbons (Fsp3) is 0.500. The van der Waals surface area contributed by atoms with E-state index in [2.05, 4.69) is 14.9 Å². The first kappa shape index (κ1) is 18.9. The topological polar surface area (TPSA) is 125 Å². The van der Waals surface area contributed by atoms with Crippen molar-refractivity contribution < 1.29 is 22.1 Å². The van der Waals surface area contributed by atoms with Gasteiger partial charge in [-0.3, -0.25) is 0 Å². The van der Waals surface area contributed by atoms with Crippen LogP contribution < -0.4 is 4.72 Å². The van der Waals surface area contributed by atoms with Crippen LogP contribution in [-0.2, 0) is 16.6 Å². The Morgan fingerprint density at radius 1 is 1.36 bits per heavy atom. The van der Waals surface area contributed by atoms with Crippen molar-refractivity contribution in [1.82, 2.24) is 24.3 Å². The van der Waals surface area contributed by atoms with E-state index in [1.54, 1.807) is 0 Å². The molecule has 13 heteroatoms. The molecule has 0 radical (unpaired) electrons. The van der Waals surface area contributed by atoms with Gasteiger partial charge >= 0.3 is 12.4 Å². The van der Waals surface area contributed by atoms with Gasteiger partial charge in [0, 0.05) is 6.54 Å². The minimum absolute atomic E-state index is 0.00866. The molecule has 0 saturated heterocycles. The monoisotopic (exact) mass is 378 g/mol. The molecular weight excluding hydrogens is 362 g/mol. The maximum absolute atomic E-state index is 12.8. The Bertz CT molecular complexity index is 876. The summed E-state index contributed by atoms with van der Waals surface area (Å²) in [5.41, 5.74) is -0.171. The summed E-state index contributed by atoms with van der Waals surface area (Å²) in [5, 5.41) is 17.8. The van der Waals surface area contributed by atoms with Crippen molar-refractivity contribution in [2.75, 3.05) is 6.54 Å². The van der Waals surface area contributed by atoms with Crippen LogP contribution in [0.25, 0.3) is 0 Å². The van der Waals surface area contributed by atoms with Crippen molar-refractivity contribution in [2.24, 2.45) is 0 Å². The molecule has 2 aromatic heterocycles. The zero-order chi connectivity index (χ0) is 18.8. The molecule has 2 rings (SSSR count). The lowest BCUT2D eigenvalue weighted by Crippen LogP contribution is -2.26. The Labute approximate surface area is 141 Å². The molecule has 0 aliphatic heterocycles. The van der Waals surface area contributed by atoms with E-state index in [4.69, 9.17) is 0 Å². The van der Waals surface area contributed by atoms with Crippen LogP contribution in [0.1, 0.15) is 24.4 Å². The molecule has 0 aromatic carbocycles. The van der Waals surface area contributed by atoms with Gasteiger partial charge in [0.05, 0.1) is 35.3 Å². The molecule has 25 heavy (non-hydrogen) atoms. The van der Waals surface area contributed by atoms with Crippen molar-refractivity contribution in [3.8, 4) is 0 Å². The number of alkyl halides is 2. The van der Waals surface area contributed by atoms with Gasteiger partial charge in [0.25, 0.3) is 0 Å². The van der Waals surface area contributed by atoms with E-state index in [9.17, 15) is 27.3 Å². The maximum atomic E-state index is 12.8. The first-order valence-corrected chi connectivity index (χ1v) is 8.63. The normalized spacial score (nSPS) is 12.0. The van der Waals surface area contributed by atoms with Gasteiger partial charge < -0.3 is 10.1 Å². The van der Waals surface area contributed by atoms with E-state index >= 15 is 0 Å². The molecular formula is C12H16F2N6O4S. The third kappa shape index (κ3) is 4.17. The summed E-state index contributed by atoms with van der Waals surface area (Å²) in [6, 6.07) is 1.23. The zero-order valence-electron chi connectivity index (χ0n) is 13.4. The van der Waals surface area contributed by atoms with Gasteiger partial charge in [-0.15, -0.1) is 0 Å². The Morgan fingerprint density at radius 2 is 2.04 bits per heavy atom. The fourth-order valence-corrected chi connectivity index (χ4v) is 3.79. The number of nitro groups is 1. The number of rotatable bonds is 8. The highest BCUT2D eigenvalue weighted by Crippen LogP contribution is 2.23. The smallest absolute Gasteiger partial charge is 0.358 e. The van der Waals surface area contributed by atoms with Gasteiger partial charge in [0.15, 0.2) is 0 Å². The third-order valence-corrected chi connectivity index (χ3v) is 5.09. The summed E-state index contributed by atoms with van der Waals surface area (Å²) < 4.78 is 54.1. The van der Waals surface area contributed by atoms with Gasteiger partial charge in [-0.25, -0.2) is 17.8 Å². The Morgan fingerprint density at radius 3 is 2.56 bits per heavy atom. The lowest BCUT2D eigenvalue weighted by molar-refractivity contribution is -0.389. The van der Waals surface area contributed by atoms with Gasteiger partial charge in [-0.05, 0) is 25.2 Å². The predicted molar refractivity (Wildman–Crippen MR) is 81.6 cm³/mol. The molecule has 0 spiro atoms. The number of aromatic nitrogens is 4. The molecule has 2 aromatic rings. The van der Waals surface area contributed by atoms with Gasteiger partial charge in [-0.1, -0.05) is 0 Å². The third-order valence-electron chi connectivity index (χ3n) is 3.38. The number of aryl methyl sites for hydroxylation is 2. The Kier molecular flexibility index (Phi) is 5.47. The summed E-state index contributed by atoms with van der Waals surface area (Å²) in [5.74, 6) is -0.300. The molecule has 0 aliphatic rings. The second-order valence-electron chi connectivity index (χ2n) is 5.17. The highest BCUT2D eigenvalue weighted by molar-refractivity contribution is 7.89. The quantitative estimate of drug-likeness (QED) is 0.420. The van der Waals surface area contributed by atoms with Crippen LogP contribution in [0.5, 0.6) is 0 Å². The van der Waals surface area contributed by atoms with Crippen LogP contribution in [0.3, 0.4) is 0 Å². The molecule has 0 aliphatic carbocycles. The molecule has 0 atom stereocenters. The van der Waals surface area contributed by atoms with E-state index in [-0.39, 0.29) is 35.2 Å². The minimum Gasteiger partial charge on any atom is -0.358 e. The highest BCUT2D eigenvalue weighted by atomic mass is 32.2. The molecule has 138 valence electrons. The van der Waals surface area contributed by atoms with Crippen LogP contribution in [0.4, 0.5) is 14.6 Å². The van der Waals surface area contributed by atoms with Crippen molar-refractivity contribution in [2.45, 2.75) is 38.3 Å². The van der Waals surface area contributed by atoms with E-state index in [0.29, 0.717) is 11.1 Å². The fourth-order valence-electron chi connectivity index (χ4n) is 2.32. The van der Waals surface area contributed by atoms with Crippen LogP contribution in [0.15, 0.2) is 17.2 Å². The summed E-state index contributed by atoms with van der Waals surface area (Å²) in [6.07, 6.45) is 1.72. The molecule has 1 N–H and O–H groups in total. The van der Waals surface area contributed by atoms with Crippen LogP contribution >= 0.6 is 0 Å². The molecule has 10 nitrogen and oxygen atoms in total.